The Morgan fingerprint density at radius 1 is 1.20 bits per heavy atom. The van der Waals surface area contributed by atoms with Gasteiger partial charge in [-0.15, -0.1) is 17.5 Å². The van der Waals surface area contributed by atoms with Crippen molar-refractivity contribution in [3.63, 3.8) is 0 Å². The van der Waals surface area contributed by atoms with Gasteiger partial charge < -0.3 is 11.2 Å². The quantitative estimate of drug-likeness (QED) is 0.159. The summed E-state index contributed by atoms with van der Waals surface area (Å²) in [6.45, 7) is 6.86. The Balaban J connectivity index is -0.000000208. The summed E-state index contributed by atoms with van der Waals surface area (Å²) in [6.07, 6.45) is 6.20. The number of nitrogens with one attached hydrogen (secondary N) is 2. The number of hydrogen-bond acceptors (Lipinski definition) is 4. The minimum Gasteiger partial charge on any atom is -0.322 e. The Labute approximate surface area is 98.8 Å². The molecule has 0 amide bonds. The summed E-state index contributed by atoms with van der Waals surface area (Å²) >= 11 is 0. The molecule has 0 aliphatic rings. The fourth-order valence-corrected chi connectivity index (χ4v) is 0.762. The van der Waals surface area contributed by atoms with Crippen molar-refractivity contribution in [1.82, 2.24) is 5.32 Å². The van der Waals surface area contributed by atoms with E-state index in [4.69, 9.17) is 5.53 Å². The maximum Gasteiger partial charge on any atom is 0.156 e. The largest absolute Gasteiger partial charge is 0.322 e. The predicted molar refractivity (Wildman–Crippen MR) is 67.8 cm³/mol. The Kier molecular flexibility index (Phi) is 30.8. The molecular weight excluding hydrogens is 214 g/mol. The number of unbranched alkanes of at least 4 members (excludes halogenated alkanes) is 2. The van der Waals surface area contributed by atoms with Gasteiger partial charge in [-0.3, -0.25) is 0 Å². The highest BCUT2D eigenvalue weighted by molar-refractivity contribution is 5.85. The molecule has 15 heavy (non-hydrogen) atoms. The van der Waals surface area contributed by atoms with Crippen LogP contribution in [0, 0.1) is 5.53 Å². The van der Waals surface area contributed by atoms with E-state index in [1.165, 1.54) is 38.8 Å². The number of rotatable bonds is 7. The van der Waals surface area contributed by atoms with E-state index in [2.05, 4.69) is 35.2 Å². The third-order valence-corrected chi connectivity index (χ3v) is 1.54. The number of halogens is 1. The molecule has 0 spiro atoms. The van der Waals surface area contributed by atoms with Gasteiger partial charge in [0, 0.05) is 0 Å². The lowest BCUT2D eigenvalue weighted by Crippen LogP contribution is -2.15. The molecule has 0 aromatic carbocycles. The molecule has 0 saturated heterocycles. The first-order chi connectivity index (χ1) is 6.83. The second-order valence-corrected chi connectivity index (χ2v) is 2.85. The first-order valence-corrected chi connectivity index (χ1v) is 5.12. The van der Waals surface area contributed by atoms with Crippen LogP contribution in [0.3, 0.4) is 0 Å². The number of hydrazone groups is 1. The molecule has 0 heterocycles. The minimum absolute atomic E-state index is 0. The van der Waals surface area contributed by atoms with Crippen LogP contribution in [0.1, 0.15) is 39.5 Å². The van der Waals surface area contributed by atoms with Crippen molar-refractivity contribution in [2.24, 2.45) is 16.1 Å². The van der Waals surface area contributed by atoms with Crippen LogP contribution in [-0.4, -0.2) is 19.4 Å². The third-order valence-electron chi connectivity index (χ3n) is 1.54. The average molecular weight is 238 g/mol. The topological polar surface area (TPSA) is 86.6 Å². The summed E-state index contributed by atoms with van der Waals surface area (Å²) in [6, 6.07) is 0. The molecule has 0 unspecified atom stereocenters. The second kappa shape index (κ2) is 23.3. The average Bonchev–Trinajstić information content (AvgIpc) is 2.20. The molecule has 4 N–H and O–H groups in total. The fraction of sp³-hybridized carbons (Fsp3) is 0.889. The standard InChI is InChI=1S/C8H19N.CH4N4.ClH/c1-3-5-7-9-8-6-4-2;2-4-1-5-3;/h9H,3-8H2,1-2H3;1-2H,3H2;1H. The van der Waals surface area contributed by atoms with Crippen molar-refractivity contribution in [3.8, 4) is 0 Å². The smallest absolute Gasteiger partial charge is 0.156 e. The van der Waals surface area contributed by atoms with Crippen LogP contribution in [0.2, 0.25) is 0 Å². The predicted octanol–water partition coefficient (Wildman–Crippen LogP) is 2.52. The van der Waals surface area contributed by atoms with Gasteiger partial charge in [-0.2, -0.15) is 5.10 Å². The lowest BCUT2D eigenvalue weighted by molar-refractivity contribution is 0.611. The van der Waals surface area contributed by atoms with Crippen molar-refractivity contribution in [2.75, 3.05) is 13.1 Å². The van der Waals surface area contributed by atoms with Crippen molar-refractivity contribution >= 4 is 18.7 Å². The molecule has 0 radical (unpaired) electrons. The molecule has 0 fully saturated rings. The second-order valence-electron chi connectivity index (χ2n) is 2.85. The molecule has 0 bridgehead atoms. The number of nitrogens with zero attached hydrogens (tertiary/aromatic N) is 2. The van der Waals surface area contributed by atoms with E-state index < -0.39 is 0 Å². The van der Waals surface area contributed by atoms with Crippen LogP contribution in [0.25, 0.3) is 0 Å². The van der Waals surface area contributed by atoms with E-state index in [9.17, 15) is 0 Å². The lowest BCUT2D eigenvalue weighted by atomic mass is 10.3. The number of hydrogen-bond donors (Lipinski definition) is 3. The molecule has 0 rings (SSSR count). The number of nitrogens with two attached hydrogens (primary N) is 1. The van der Waals surface area contributed by atoms with Crippen molar-refractivity contribution in [3.05, 3.63) is 0 Å². The normalized spacial score (nSPS) is 8.93. The summed E-state index contributed by atoms with van der Waals surface area (Å²) < 4.78 is 0. The van der Waals surface area contributed by atoms with Crippen LogP contribution in [0.5, 0.6) is 0 Å². The van der Waals surface area contributed by atoms with E-state index in [-0.39, 0.29) is 12.4 Å². The highest BCUT2D eigenvalue weighted by Gasteiger charge is 1.83. The molecule has 0 aliphatic heterocycles. The lowest BCUT2D eigenvalue weighted by Gasteiger charge is -1.99. The van der Waals surface area contributed by atoms with Gasteiger partial charge in [0.05, 0.1) is 0 Å². The molecule has 0 aliphatic carbocycles. The van der Waals surface area contributed by atoms with Gasteiger partial charge in [-0.1, -0.05) is 26.7 Å². The van der Waals surface area contributed by atoms with Crippen LogP contribution in [0.4, 0.5) is 0 Å². The van der Waals surface area contributed by atoms with Gasteiger partial charge in [0.1, 0.15) is 0 Å². The van der Waals surface area contributed by atoms with Crippen LogP contribution >= 0.6 is 12.4 Å². The van der Waals surface area contributed by atoms with Crippen LogP contribution < -0.4 is 11.2 Å². The van der Waals surface area contributed by atoms with E-state index in [1.807, 2.05) is 0 Å². The Morgan fingerprint density at radius 3 is 1.87 bits per heavy atom. The molecule has 92 valence electrons. The maximum absolute atomic E-state index is 6.00. The fourth-order valence-electron chi connectivity index (χ4n) is 0.762. The van der Waals surface area contributed by atoms with E-state index >= 15 is 0 Å². The molecular formula is C9H24ClN5. The summed E-state index contributed by atoms with van der Waals surface area (Å²) in [5.74, 6) is 4.49. The van der Waals surface area contributed by atoms with Gasteiger partial charge in [0.15, 0.2) is 6.34 Å². The van der Waals surface area contributed by atoms with Gasteiger partial charge in [0.2, 0.25) is 0 Å². The summed E-state index contributed by atoms with van der Waals surface area (Å²) in [4.78, 5) is 0. The van der Waals surface area contributed by atoms with Crippen LogP contribution in [0.15, 0.2) is 10.2 Å². The molecule has 0 atom stereocenters. The Bertz CT molecular complexity index is 124. The zero-order valence-electron chi connectivity index (χ0n) is 9.70. The highest BCUT2D eigenvalue weighted by atomic mass is 35.5. The van der Waals surface area contributed by atoms with Crippen LogP contribution in [-0.2, 0) is 0 Å². The van der Waals surface area contributed by atoms with Gasteiger partial charge >= 0.3 is 0 Å². The SMILES string of the molecule is CCCCNCCCC.Cl.N=NC=NN. The third kappa shape index (κ3) is 31.9. The zero-order chi connectivity index (χ0) is 11.1. The van der Waals surface area contributed by atoms with Gasteiger partial charge in [0.25, 0.3) is 0 Å². The summed E-state index contributed by atoms with van der Waals surface area (Å²) in [7, 11) is 0. The summed E-state index contributed by atoms with van der Waals surface area (Å²) in [5.41, 5.74) is 6.00. The zero-order valence-corrected chi connectivity index (χ0v) is 10.5. The van der Waals surface area contributed by atoms with Crippen molar-refractivity contribution in [2.45, 2.75) is 39.5 Å². The minimum atomic E-state index is 0. The monoisotopic (exact) mass is 237 g/mol. The van der Waals surface area contributed by atoms with E-state index in [0.29, 0.717) is 0 Å². The Hall–Kier alpha value is -0.680. The molecule has 6 heteroatoms. The first-order valence-electron chi connectivity index (χ1n) is 5.12. The molecule has 0 aromatic heterocycles. The van der Waals surface area contributed by atoms with E-state index in [0.717, 1.165) is 6.34 Å². The van der Waals surface area contributed by atoms with Crippen molar-refractivity contribution < 1.29 is 0 Å². The first kappa shape index (κ1) is 19.8. The molecule has 0 saturated carbocycles. The highest BCUT2D eigenvalue weighted by Crippen LogP contribution is 1.85. The van der Waals surface area contributed by atoms with Gasteiger partial charge in [-0.05, 0) is 25.9 Å². The van der Waals surface area contributed by atoms with Gasteiger partial charge in [-0.25, -0.2) is 5.53 Å². The summed E-state index contributed by atoms with van der Waals surface area (Å²) in [5, 5.41) is 8.95. The molecule has 5 nitrogen and oxygen atoms in total. The maximum atomic E-state index is 6.00. The molecule has 0 aromatic rings. The van der Waals surface area contributed by atoms with Crippen molar-refractivity contribution in [1.29, 1.82) is 5.53 Å². The Morgan fingerprint density at radius 2 is 1.67 bits per heavy atom. The van der Waals surface area contributed by atoms with E-state index in [1.54, 1.807) is 0 Å².